The van der Waals surface area contributed by atoms with Gasteiger partial charge in [0.1, 0.15) is 18.9 Å². The van der Waals surface area contributed by atoms with Gasteiger partial charge in [-0.05, 0) is 0 Å². The van der Waals surface area contributed by atoms with Gasteiger partial charge in [-0.2, -0.15) is 0 Å². The first kappa shape index (κ1) is 12.0. The summed E-state index contributed by atoms with van der Waals surface area (Å²) in [5.41, 5.74) is 5.30. The highest BCUT2D eigenvalue weighted by Crippen LogP contribution is 2.10. The van der Waals surface area contributed by atoms with Crippen LogP contribution in [0.3, 0.4) is 0 Å². The summed E-state index contributed by atoms with van der Waals surface area (Å²) in [5, 5.41) is 6.20. The number of carbonyl (C=O) groups excluding carboxylic acids is 3. The Labute approximate surface area is 102 Å². The van der Waals surface area contributed by atoms with Crippen molar-refractivity contribution in [3.8, 4) is 0 Å². The molecular weight excluding hydrogens is 240 g/mol. The van der Waals surface area contributed by atoms with E-state index in [1.54, 1.807) is 0 Å². The summed E-state index contributed by atoms with van der Waals surface area (Å²) >= 11 is 0. The van der Waals surface area contributed by atoms with Crippen LogP contribution in [-0.4, -0.2) is 50.5 Å². The number of hydrogen-bond acceptors (Lipinski definition) is 6. The molecule has 96 valence electrons. The molecule has 1 atom stereocenters. The number of imide groups is 1. The summed E-state index contributed by atoms with van der Waals surface area (Å²) in [6.07, 6.45) is 1.29. The van der Waals surface area contributed by atoms with E-state index in [0.29, 0.717) is 0 Å². The number of aromatic nitrogens is 3. The second kappa shape index (κ2) is 4.43. The van der Waals surface area contributed by atoms with Crippen molar-refractivity contribution in [1.82, 2.24) is 25.0 Å². The van der Waals surface area contributed by atoms with Gasteiger partial charge in [0.05, 0.1) is 6.42 Å². The number of likely N-dealkylation sites (tertiary alicyclic amines) is 1. The zero-order valence-corrected chi connectivity index (χ0v) is 9.66. The number of amides is 3. The number of nitrogens with zero attached hydrogens (tertiary/aromatic N) is 4. The normalized spacial score (nSPS) is 19.4. The first-order valence-electron chi connectivity index (χ1n) is 5.22. The molecule has 0 aromatic carbocycles. The van der Waals surface area contributed by atoms with Crippen LogP contribution in [0.4, 0.5) is 5.95 Å². The fraction of sp³-hybridized carbons (Fsp3) is 0.444. The SMILES string of the molecule is CN1C(=O)CC(NC(=O)Cn2cnc(N)n2)C1=O. The molecule has 1 fully saturated rings. The maximum Gasteiger partial charge on any atom is 0.252 e. The average Bonchev–Trinajstić information content (AvgIpc) is 2.80. The molecule has 2 rings (SSSR count). The summed E-state index contributed by atoms with van der Waals surface area (Å²) in [4.78, 5) is 39.1. The molecule has 1 aliphatic heterocycles. The van der Waals surface area contributed by atoms with Crippen molar-refractivity contribution < 1.29 is 14.4 Å². The van der Waals surface area contributed by atoms with Crippen LogP contribution in [0, 0.1) is 0 Å². The van der Waals surface area contributed by atoms with Gasteiger partial charge in [0.2, 0.25) is 17.8 Å². The highest BCUT2D eigenvalue weighted by atomic mass is 16.2. The number of hydrogen-bond donors (Lipinski definition) is 2. The number of nitrogen functional groups attached to an aromatic ring is 1. The van der Waals surface area contributed by atoms with E-state index in [9.17, 15) is 14.4 Å². The fourth-order valence-corrected chi connectivity index (χ4v) is 1.64. The first-order valence-corrected chi connectivity index (χ1v) is 5.22. The van der Waals surface area contributed by atoms with Gasteiger partial charge < -0.3 is 11.1 Å². The first-order chi connectivity index (χ1) is 8.47. The number of likely N-dealkylation sites (N-methyl/N-ethyl adjacent to an activating group) is 1. The van der Waals surface area contributed by atoms with E-state index in [1.165, 1.54) is 18.1 Å². The van der Waals surface area contributed by atoms with Crippen molar-refractivity contribution in [1.29, 1.82) is 0 Å². The zero-order chi connectivity index (χ0) is 13.3. The molecule has 1 saturated heterocycles. The van der Waals surface area contributed by atoms with Gasteiger partial charge in [-0.15, -0.1) is 5.10 Å². The Morgan fingerprint density at radius 1 is 1.61 bits per heavy atom. The van der Waals surface area contributed by atoms with Crippen LogP contribution in [0.1, 0.15) is 6.42 Å². The lowest BCUT2D eigenvalue weighted by Crippen LogP contribution is -2.42. The average molecular weight is 252 g/mol. The third kappa shape index (κ3) is 2.29. The summed E-state index contributed by atoms with van der Waals surface area (Å²) in [6.45, 7) is -0.105. The van der Waals surface area contributed by atoms with Crippen molar-refractivity contribution in [3.63, 3.8) is 0 Å². The van der Waals surface area contributed by atoms with E-state index in [1.807, 2.05) is 0 Å². The molecule has 9 heteroatoms. The van der Waals surface area contributed by atoms with Crippen LogP contribution in [-0.2, 0) is 20.9 Å². The second-order valence-corrected chi connectivity index (χ2v) is 3.92. The predicted molar refractivity (Wildman–Crippen MR) is 58.8 cm³/mol. The minimum atomic E-state index is -0.795. The van der Waals surface area contributed by atoms with Crippen LogP contribution in [0.5, 0.6) is 0 Å². The molecule has 18 heavy (non-hydrogen) atoms. The Morgan fingerprint density at radius 3 is 2.83 bits per heavy atom. The second-order valence-electron chi connectivity index (χ2n) is 3.92. The summed E-state index contributed by atoms with van der Waals surface area (Å²) in [7, 11) is 1.38. The van der Waals surface area contributed by atoms with Crippen LogP contribution in [0.2, 0.25) is 0 Å². The summed E-state index contributed by atoms with van der Waals surface area (Å²) in [5.74, 6) is -1.09. The van der Waals surface area contributed by atoms with Gasteiger partial charge in [0.15, 0.2) is 0 Å². The Morgan fingerprint density at radius 2 is 2.33 bits per heavy atom. The number of rotatable bonds is 3. The lowest BCUT2D eigenvalue weighted by molar-refractivity contribution is -0.138. The highest BCUT2D eigenvalue weighted by molar-refractivity contribution is 6.06. The van der Waals surface area contributed by atoms with Crippen molar-refractivity contribution in [2.24, 2.45) is 0 Å². The quantitative estimate of drug-likeness (QED) is 0.585. The topological polar surface area (TPSA) is 123 Å². The van der Waals surface area contributed by atoms with Crippen molar-refractivity contribution in [2.45, 2.75) is 19.0 Å². The molecule has 1 unspecified atom stereocenters. The minimum Gasteiger partial charge on any atom is -0.367 e. The van der Waals surface area contributed by atoms with E-state index < -0.39 is 17.9 Å². The summed E-state index contributed by atoms with van der Waals surface area (Å²) in [6, 6.07) is -0.795. The zero-order valence-electron chi connectivity index (χ0n) is 9.66. The van der Waals surface area contributed by atoms with E-state index in [4.69, 9.17) is 5.73 Å². The van der Waals surface area contributed by atoms with Crippen LogP contribution in [0.25, 0.3) is 0 Å². The van der Waals surface area contributed by atoms with E-state index in [2.05, 4.69) is 15.4 Å². The molecule has 9 nitrogen and oxygen atoms in total. The number of nitrogens with one attached hydrogen (secondary N) is 1. The highest BCUT2D eigenvalue weighted by Gasteiger charge is 2.36. The molecule has 0 saturated carbocycles. The van der Waals surface area contributed by atoms with Gasteiger partial charge in [-0.25, -0.2) is 9.67 Å². The Bertz CT molecular complexity index is 510. The largest absolute Gasteiger partial charge is 0.367 e. The van der Waals surface area contributed by atoms with E-state index >= 15 is 0 Å². The van der Waals surface area contributed by atoms with E-state index in [-0.39, 0.29) is 24.8 Å². The Hall–Kier alpha value is -2.45. The number of anilines is 1. The van der Waals surface area contributed by atoms with Gasteiger partial charge in [0.25, 0.3) is 5.91 Å². The summed E-state index contributed by atoms with van der Waals surface area (Å²) < 4.78 is 1.25. The Kier molecular flexibility index (Phi) is 2.96. The molecule has 1 aliphatic rings. The minimum absolute atomic E-state index is 0.0133. The lowest BCUT2D eigenvalue weighted by atomic mass is 10.2. The molecule has 1 aromatic rings. The Balaban J connectivity index is 1.92. The van der Waals surface area contributed by atoms with Crippen LogP contribution in [0.15, 0.2) is 6.33 Å². The van der Waals surface area contributed by atoms with Crippen LogP contribution >= 0.6 is 0 Å². The molecule has 3 N–H and O–H groups in total. The third-order valence-corrected chi connectivity index (χ3v) is 2.58. The predicted octanol–water partition coefficient (Wildman–Crippen LogP) is -2.27. The fourth-order valence-electron chi connectivity index (χ4n) is 1.64. The molecule has 1 aromatic heterocycles. The number of nitrogens with two attached hydrogens (primary N) is 1. The molecule has 0 radical (unpaired) electrons. The third-order valence-electron chi connectivity index (χ3n) is 2.58. The van der Waals surface area contributed by atoms with Crippen LogP contribution < -0.4 is 11.1 Å². The molecule has 0 aliphatic carbocycles. The van der Waals surface area contributed by atoms with Gasteiger partial charge in [-0.1, -0.05) is 0 Å². The lowest BCUT2D eigenvalue weighted by Gasteiger charge is -2.10. The van der Waals surface area contributed by atoms with Crippen molar-refractivity contribution >= 4 is 23.7 Å². The smallest absolute Gasteiger partial charge is 0.252 e. The van der Waals surface area contributed by atoms with Gasteiger partial charge >= 0.3 is 0 Å². The van der Waals surface area contributed by atoms with E-state index in [0.717, 1.165) is 4.90 Å². The maximum atomic E-state index is 11.6. The molecule has 0 spiro atoms. The maximum absolute atomic E-state index is 11.6. The van der Waals surface area contributed by atoms with Gasteiger partial charge in [0, 0.05) is 7.05 Å². The monoisotopic (exact) mass is 252 g/mol. The van der Waals surface area contributed by atoms with Crippen molar-refractivity contribution in [2.75, 3.05) is 12.8 Å². The molecular formula is C9H12N6O3. The van der Waals surface area contributed by atoms with Crippen molar-refractivity contribution in [3.05, 3.63) is 6.33 Å². The molecule has 3 amide bonds. The molecule has 0 bridgehead atoms. The van der Waals surface area contributed by atoms with Gasteiger partial charge in [-0.3, -0.25) is 19.3 Å². The number of carbonyl (C=O) groups is 3. The standard InChI is InChI=1S/C9H12N6O3/c1-14-7(17)2-5(8(14)18)12-6(16)3-15-4-11-9(10)13-15/h4-5H,2-3H2,1H3,(H2,10,13)(H,12,16). The molecule has 2 heterocycles.